The molecule has 0 amide bonds. The zero-order chi connectivity index (χ0) is 12.4. The zero-order valence-electron chi connectivity index (χ0n) is 11.6. The van der Waals surface area contributed by atoms with Gasteiger partial charge in [-0.15, -0.1) is 0 Å². The highest BCUT2D eigenvalue weighted by Gasteiger charge is 2.32. The number of ether oxygens (including phenoxy) is 1. The Labute approximate surface area is 106 Å². The smallest absolute Gasteiger partial charge is 0.0840 e. The van der Waals surface area contributed by atoms with Gasteiger partial charge in [-0.2, -0.15) is 0 Å². The maximum absolute atomic E-state index is 10.0. The van der Waals surface area contributed by atoms with Gasteiger partial charge in [0.2, 0.25) is 0 Å². The van der Waals surface area contributed by atoms with Crippen molar-refractivity contribution in [2.75, 3.05) is 0 Å². The highest BCUT2D eigenvalue weighted by molar-refractivity contribution is 4.82. The topological polar surface area (TPSA) is 29.5 Å². The van der Waals surface area contributed by atoms with Crippen molar-refractivity contribution in [3.05, 3.63) is 0 Å². The van der Waals surface area contributed by atoms with Gasteiger partial charge in [-0.1, -0.05) is 20.8 Å². The van der Waals surface area contributed by atoms with Gasteiger partial charge in [-0.25, -0.2) is 0 Å². The van der Waals surface area contributed by atoms with E-state index in [2.05, 4.69) is 20.8 Å². The largest absolute Gasteiger partial charge is 0.390 e. The van der Waals surface area contributed by atoms with Crippen molar-refractivity contribution in [2.24, 2.45) is 17.8 Å². The maximum Gasteiger partial charge on any atom is 0.0840 e. The van der Waals surface area contributed by atoms with Crippen LogP contribution in [0.2, 0.25) is 0 Å². The molecular formula is C15H28O2. The monoisotopic (exact) mass is 240 g/mol. The van der Waals surface area contributed by atoms with Crippen molar-refractivity contribution >= 4 is 0 Å². The molecule has 1 N–H and O–H groups in total. The van der Waals surface area contributed by atoms with E-state index in [-0.39, 0.29) is 12.2 Å². The molecule has 0 saturated heterocycles. The van der Waals surface area contributed by atoms with Gasteiger partial charge in [0.15, 0.2) is 0 Å². The summed E-state index contributed by atoms with van der Waals surface area (Å²) in [6.07, 6.45) is 7.04. The lowest BCUT2D eigenvalue weighted by Gasteiger charge is -2.38. The molecule has 0 radical (unpaired) electrons. The minimum atomic E-state index is -0.221. The van der Waals surface area contributed by atoms with Crippen LogP contribution in [0.4, 0.5) is 0 Å². The molecule has 0 aromatic rings. The fraction of sp³-hybridized carbons (Fsp3) is 1.00. The molecule has 0 aliphatic heterocycles. The summed E-state index contributed by atoms with van der Waals surface area (Å²) < 4.78 is 6.18. The average Bonchev–Trinajstić information content (AvgIpc) is 2.29. The highest BCUT2D eigenvalue weighted by Crippen LogP contribution is 2.34. The predicted octanol–water partition coefficient (Wildman–Crippen LogP) is 3.38. The van der Waals surface area contributed by atoms with Crippen molar-refractivity contribution < 1.29 is 9.84 Å². The molecule has 2 heteroatoms. The number of hydrogen-bond donors (Lipinski definition) is 1. The van der Waals surface area contributed by atoms with Crippen LogP contribution in [0.3, 0.4) is 0 Å². The third kappa shape index (κ3) is 3.45. The molecule has 2 saturated carbocycles. The first-order chi connectivity index (χ1) is 8.06. The Bertz CT molecular complexity index is 241. The maximum atomic E-state index is 10.0. The molecule has 0 aromatic heterocycles. The lowest BCUT2D eigenvalue weighted by molar-refractivity contribution is -0.118. The van der Waals surface area contributed by atoms with E-state index >= 15 is 0 Å². The molecule has 0 heterocycles. The molecule has 2 nitrogen and oxygen atoms in total. The van der Waals surface area contributed by atoms with E-state index in [1.165, 1.54) is 19.3 Å². The number of hydrogen-bond acceptors (Lipinski definition) is 2. The van der Waals surface area contributed by atoms with Crippen LogP contribution in [0.15, 0.2) is 0 Å². The van der Waals surface area contributed by atoms with Crippen LogP contribution in [0.1, 0.15) is 59.3 Å². The van der Waals surface area contributed by atoms with Gasteiger partial charge in [0.25, 0.3) is 0 Å². The van der Waals surface area contributed by atoms with E-state index in [4.69, 9.17) is 4.74 Å². The van der Waals surface area contributed by atoms with Crippen LogP contribution >= 0.6 is 0 Å². The minimum Gasteiger partial charge on any atom is -0.390 e. The molecule has 0 spiro atoms. The van der Waals surface area contributed by atoms with E-state index in [1.54, 1.807) is 0 Å². The molecule has 6 atom stereocenters. The normalized spacial score (nSPS) is 48.0. The van der Waals surface area contributed by atoms with Gasteiger partial charge >= 0.3 is 0 Å². The predicted molar refractivity (Wildman–Crippen MR) is 69.9 cm³/mol. The van der Waals surface area contributed by atoms with Crippen LogP contribution < -0.4 is 0 Å². The van der Waals surface area contributed by atoms with Gasteiger partial charge < -0.3 is 9.84 Å². The third-order valence-electron chi connectivity index (χ3n) is 4.94. The zero-order valence-corrected chi connectivity index (χ0v) is 11.6. The van der Waals surface area contributed by atoms with E-state index in [0.29, 0.717) is 12.0 Å². The van der Waals surface area contributed by atoms with Gasteiger partial charge in [-0.3, -0.25) is 0 Å². The molecule has 2 aliphatic rings. The van der Waals surface area contributed by atoms with Crippen molar-refractivity contribution in [3.63, 3.8) is 0 Å². The van der Waals surface area contributed by atoms with Gasteiger partial charge in [-0.05, 0) is 56.3 Å². The molecule has 2 fully saturated rings. The summed E-state index contributed by atoms with van der Waals surface area (Å²) in [6, 6.07) is 0. The third-order valence-corrected chi connectivity index (χ3v) is 4.94. The van der Waals surface area contributed by atoms with Gasteiger partial charge in [0.1, 0.15) is 0 Å². The molecule has 0 aromatic carbocycles. The quantitative estimate of drug-likeness (QED) is 0.802. The summed E-state index contributed by atoms with van der Waals surface area (Å²) in [5.41, 5.74) is 0. The number of aliphatic hydroxyl groups is 1. The summed E-state index contributed by atoms with van der Waals surface area (Å²) in [7, 11) is 0. The average molecular weight is 240 g/mol. The minimum absolute atomic E-state index is 0.101. The number of rotatable bonds is 2. The van der Waals surface area contributed by atoms with Crippen LogP contribution in [-0.2, 0) is 4.74 Å². The molecule has 2 rings (SSSR count). The van der Waals surface area contributed by atoms with E-state index in [9.17, 15) is 5.11 Å². The Balaban J connectivity index is 1.83. The van der Waals surface area contributed by atoms with E-state index in [0.717, 1.165) is 31.1 Å². The summed E-state index contributed by atoms with van der Waals surface area (Å²) in [4.78, 5) is 0. The molecule has 2 aliphatic carbocycles. The lowest BCUT2D eigenvalue weighted by Crippen LogP contribution is -2.39. The van der Waals surface area contributed by atoms with Crippen molar-refractivity contribution in [1.29, 1.82) is 0 Å². The van der Waals surface area contributed by atoms with E-state index < -0.39 is 0 Å². The first-order valence-corrected chi connectivity index (χ1v) is 7.39. The molecule has 6 unspecified atom stereocenters. The Kier molecular flexibility index (Phi) is 4.48. The van der Waals surface area contributed by atoms with Crippen molar-refractivity contribution in [1.82, 2.24) is 0 Å². The SMILES string of the molecule is CC1CCC(O)C(OC2CCC(C)C(C)C2)C1. The highest BCUT2D eigenvalue weighted by atomic mass is 16.5. The Hall–Kier alpha value is -0.0800. The van der Waals surface area contributed by atoms with Crippen LogP contribution in [-0.4, -0.2) is 23.4 Å². The lowest BCUT2D eigenvalue weighted by atomic mass is 9.80. The second-order valence-corrected chi connectivity index (χ2v) is 6.55. The molecule has 17 heavy (non-hydrogen) atoms. The Morgan fingerprint density at radius 1 is 0.882 bits per heavy atom. The van der Waals surface area contributed by atoms with Gasteiger partial charge in [0.05, 0.1) is 18.3 Å². The van der Waals surface area contributed by atoms with Crippen LogP contribution in [0.5, 0.6) is 0 Å². The fourth-order valence-electron chi connectivity index (χ4n) is 3.33. The Morgan fingerprint density at radius 3 is 2.35 bits per heavy atom. The van der Waals surface area contributed by atoms with Crippen LogP contribution in [0.25, 0.3) is 0 Å². The van der Waals surface area contributed by atoms with Crippen LogP contribution in [0, 0.1) is 17.8 Å². The van der Waals surface area contributed by atoms with E-state index in [1.807, 2.05) is 0 Å². The van der Waals surface area contributed by atoms with Gasteiger partial charge in [0, 0.05) is 0 Å². The first-order valence-electron chi connectivity index (χ1n) is 7.39. The summed E-state index contributed by atoms with van der Waals surface area (Å²) >= 11 is 0. The van der Waals surface area contributed by atoms with Crippen molar-refractivity contribution in [2.45, 2.75) is 77.6 Å². The summed E-state index contributed by atoms with van der Waals surface area (Å²) in [5.74, 6) is 2.32. The first kappa shape index (κ1) is 13.4. The standard InChI is InChI=1S/C15H28O2/c1-10-4-7-14(16)15(8-10)17-13-6-5-11(2)12(3)9-13/h10-16H,4-9H2,1-3H3. The second-order valence-electron chi connectivity index (χ2n) is 6.55. The van der Waals surface area contributed by atoms with Crippen molar-refractivity contribution in [3.8, 4) is 0 Å². The molecular weight excluding hydrogens is 212 g/mol. The summed E-state index contributed by atoms with van der Waals surface area (Å²) in [5, 5.41) is 10.0. The second kappa shape index (κ2) is 5.71. The fourth-order valence-corrected chi connectivity index (χ4v) is 3.33. The number of aliphatic hydroxyl groups excluding tert-OH is 1. The molecule has 0 bridgehead atoms. The Morgan fingerprint density at radius 2 is 1.65 bits per heavy atom. The summed E-state index contributed by atoms with van der Waals surface area (Å²) in [6.45, 7) is 6.95. The molecule has 100 valence electrons.